The first kappa shape index (κ1) is 22.1. The number of rotatable bonds is 7. The van der Waals surface area contributed by atoms with Crippen molar-refractivity contribution in [2.45, 2.75) is 6.18 Å². The van der Waals surface area contributed by atoms with E-state index in [2.05, 4.69) is 0 Å². The van der Waals surface area contributed by atoms with Crippen LogP contribution in [-0.2, 0) is 19.8 Å². The largest absolute Gasteiger partial charge is 0.479 e. The number of nitrogens with zero attached hydrogens (tertiary/aromatic N) is 1. The number of halogens is 4. The lowest BCUT2D eigenvalue weighted by atomic mass is 10.2. The zero-order valence-corrected chi connectivity index (χ0v) is 16.3. The summed E-state index contributed by atoms with van der Waals surface area (Å²) in [6.45, 7) is 0. The Labute approximate surface area is 163 Å². The summed E-state index contributed by atoms with van der Waals surface area (Å²) in [5.41, 5.74) is -0.798. The second-order valence-electron chi connectivity index (χ2n) is 5.26. The molecule has 2 rings (SSSR count). The van der Waals surface area contributed by atoms with Crippen molar-refractivity contribution >= 4 is 19.2 Å². The summed E-state index contributed by atoms with van der Waals surface area (Å²) in [7, 11) is -1.12. The molecule has 0 aromatic heterocycles. The zero-order chi connectivity index (χ0) is 20.9. The average molecular weight is 436 g/mol. The van der Waals surface area contributed by atoms with E-state index in [4.69, 9.17) is 35.4 Å². The topological polar surface area (TPSA) is 77.8 Å². The summed E-state index contributed by atoms with van der Waals surface area (Å²) >= 11 is 5.86. The van der Waals surface area contributed by atoms with E-state index in [1.807, 2.05) is 6.07 Å². The van der Waals surface area contributed by atoms with E-state index in [-0.39, 0.29) is 27.8 Å². The van der Waals surface area contributed by atoms with E-state index in [1.165, 1.54) is 32.4 Å². The molecule has 28 heavy (non-hydrogen) atoms. The highest BCUT2D eigenvalue weighted by molar-refractivity contribution is 7.53. The Hall–Kier alpha value is -2.24. The predicted molar refractivity (Wildman–Crippen MR) is 94.8 cm³/mol. The Morgan fingerprint density at radius 3 is 2.32 bits per heavy atom. The van der Waals surface area contributed by atoms with Crippen molar-refractivity contribution in [2.24, 2.45) is 0 Å². The van der Waals surface area contributed by atoms with Gasteiger partial charge in [-0.05, 0) is 30.3 Å². The Morgan fingerprint density at radius 2 is 1.79 bits per heavy atom. The van der Waals surface area contributed by atoms with E-state index >= 15 is 0 Å². The number of benzene rings is 2. The van der Waals surface area contributed by atoms with Gasteiger partial charge in [0.25, 0.3) is 0 Å². The van der Waals surface area contributed by atoms with Gasteiger partial charge in [-0.3, -0.25) is 4.57 Å². The molecule has 0 aliphatic carbocycles. The lowest BCUT2D eigenvalue weighted by molar-refractivity contribution is -0.137. The van der Waals surface area contributed by atoms with Crippen LogP contribution in [0.5, 0.6) is 17.2 Å². The Kier molecular flexibility index (Phi) is 6.96. The average Bonchev–Trinajstić information content (AvgIpc) is 2.67. The molecule has 6 nitrogen and oxygen atoms in total. The predicted octanol–water partition coefficient (Wildman–Crippen LogP) is 5.84. The highest BCUT2D eigenvalue weighted by atomic mass is 35.5. The minimum absolute atomic E-state index is 0.0234. The van der Waals surface area contributed by atoms with Gasteiger partial charge in [0.2, 0.25) is 0 Å². The molecule has 0 heterocycles. The van der Waals surface area contributed by atoms with Crippen molar-refractivity contribution in [2.75, 3.05) is 20.6 Å². The highest BCUT2D eigenvalue weighted by Crippen LogP contribution is 2.46. The van der Waals surface area contributed by atoms with Gasteiger partial charge in [-0.2, -0.15) is 18.4 Å². The lowest BCUT2D eigenvalue weighted by Crippen LogP contribution is -2.04. The molecular weight excluding hydrogens is 422 g/mol. The molecule has 0 aliphatic rings. The molecule has 2 aromatic rings. The minimum atomic E-state index is -4.53. The number of alkyl halides is 3. The smallest absolute Gasteiger partial charge is 0.416 e. The summed E-state index contributed by atoms with van der Waals surface area (Å²) < 4.78 is 70.5. The fourth-order valence-corrected chi connectivity index (χ4v) is 2.87. The fourth-order valence-electron chi connectivity index (χ4n) is 1.99. The molecular formula is C17H14ClF3NO5P. The molecule has 11 heteroatoms. The molecule has 0 N–H and O–H groups in total. The van der Waals surface area contributed by atoms with Gasteiger partial charge in [-0.25, -0.2) is 0 Å². The third kappa shape index (κ3) is 5.40. The van der Waals surface area contributed by atoms with Crippen LogP contribution in [0.15, 0.2) is 36.4 Å². The molecule has 0 unspecified atom stereocenters. The molecule has 0 radical (unpaired) electrons. The first-order chi connectivity index (χ1) is 13.1. The molecule has 0 saturated carbocycles. The van der Waals surface area contributed by atoms with Crippen LogP contribution >= 0.6 is 19.2 Å². The van der Waals surface area contributed by atoms with Crippen LogP contribution in [0.4, 0.5) is 13.2 Å². The number of nitriles is 1. The molecule has 0 aliphatic heterocycles. The molecule has 0 fully saturated rings. The molecule has 0 bridgehead atoms. The van der Waals surface area contributed by atoms with Crippen LogP contribution in [-0.4, -0.2) is 20.6 Å². The zero-order valence-electron chi connectivity index (χ0n) is 14.6. The maximum absolute atomic E-state index is 12.7. The fraction of sp³-hybridized carbons (Fsp3) is 0.235. The van der Waals surface area contributed by atoms with Gasteiger partial charge in [0.05, 0.1) is 16.1 Å². The third-order valence-corrected chi connectivity index (χ3v) is 5.35. The Morgan fingerprint density at radius 1 is 1.11 bits per heavy atom. The van der Waals surface area contributed by atoms with Crippen LogP contribution in [0, 0.1) is 11.3 Å². The SMILES string of the molecule is COP(=O)(COc1cc(Oc2ccc(C(F)(F)F)cc2Cl)ccc1C#N)OC. The molecule has 0 amide bonds. The third-order valence-electron chi connectivity index (χ3n) is 3.50. The summed E-state index contributed by atoms with van der Waals surface area (Å²) in [5, 5.41) is 8.92. The number of ether oxygens (including phenoxy) is 2. The van der Waals surface area contributed by atoms with Gasteiger partial charge < -0.3 is 18.5 Å². The van der Waals surface area contributed by atoms with Crippen LogP contribution in [0.2, 0.25) is 5.02 Å². The van der Waals surface area contributed by atoms with Gasteiger partial charge in [-0.15, -0.1) is 0 Å². The van der Waals surface area contributed by atoms with Crippen LogP contribution in [0.25, 0.3) is 0 Å². The van der Waals surface area contributed by atoms with E-state index in [0.29, 0.717) is 0 Å². The van der Waals surface area contributed by atoms with Crippen molar-refractivity contribution in [3.05, 3.63) is 52.5 Å². The first-order valence-electron chi connectivity index (χ1n) is 7.54. The lowest BCUT2D eigenvalue weighted by Gasteiger charge is -2.16. The van der Waals surface area contributed by atoms with Crippen molar-refractivity contribution in [1.82, 2.24) is 0 Å². The van der Waals surface area contributed by atoms with Gasteiger partial charge in [0.1, 0.15) is 23.3 Å². The molecule has 0 spiro atoms. The van der Waals surface area contributed by atoms with Crippen LogP contribution in [0.3, 0.4) is 0 Å². The van der Waals surface area contributed by atoms with Gasteiger partial charge in [-0.1, -0.05) is 11.6 Å². The van der Waals surface area contributed by atoms with Crippen molar-refractivity contribution in [1.29, 1.82) is 5.26 Å². The van der Waals surface area contributed by atoms with Crippen LogP contribution in [0.1, 0.15) is 11.1 Å². The minimum Gasteiger partial charge on any atom is -0.479 e. The van der Waals surface area contributed by atoms with E-state index in [1.54, 1.807) is 0 Å². The summed E-state index contributed by atoms with van der Waals surface area (Å²) in [5.74, 6) is 0.141. The summed E-state index contributed by atoms with van der Waals surface area (Å²) in [4.78, 5) is 0. The van der Waals surface area contributed by atoms with Gasteiger partial charge >= 0.3 is 13.8 Å². The van der Waals surface area contributed by atoms with Gasteiger partial charge in [0, 0.05) is 20.3 Å². The van der Waals surface area contributed by atoms with Crippen molar-refractivity contribution < 1.29 is 36.3 Å². The molecule has 150 valence electrons. The standard InChI is InChI=1S/C17H14ClF3NO5P/c1-24-28(23,25-2)10-26-16-8-13(5-3-11(16)9-22)27-15-6-4-12(7-14(15)18)17(19,20)21/h3-8H,10H2,1-2H3. The Bertz CT molecular complexity index is 937. The summed E-state index contributed by atoms with van der Waals surface area (Å²) in [6, 6.07) is 8.62. The van der Waals surface area contributed by atoms with E-state index in [9.17, 15) is 17.7 Å². The first-order valence-corrected chi connectivity index (χ1v) is 9.64. The molecule has 0 atom stereocenters. The van der Waals surface area contributed by atoms with Crippen LogP contribution < -0.4 is 9.47 Å². The Balaban J connectivity index is 2.26. The van der Waals surface area contributed by atoms with Crippen molar-refractivity contribution in [3.8, 4) is 23.3 Å². The second kappa shape index (κ2) is 8.84. The number of hydrogen-bond donors (Lipinski definition) is 0. The number of hydrogen-bond acceptors (Lipinski definition) is 6. The van der Waals surface area contributed by atoms with Gasteiger partial charge in [0.15, 0.2) is 6.35 Å². The molecule has 0 saturated heterocycles. The second-order valence-corrected chi connectivity index (χ2v) is 7.88. The molecule has 2 aromatic carbocycles. The normalized spacial score (nSPS) is 11.8. The summed E-state index contributed by atoms with van der Waals surface area (Å²) in [6.07, 6.45) is -4.99. The van der Waals surface area contributed by atoms with E-state index < -0.39 is 25.7 Å². The van der Waals surface area contributed by atoms with Crippen molar-refractivity contribution in [3.63, 3.8) is 0 Å². The maximum atomic E-state index is 12.7. The van der Waals surface area contributed by atoms with E-state index in [0.717, 1.165) is 18.2 Å². The quantitative estimate of drug-likeness (QED) is 0.508. The monoisotopic (exact) mass is 435 g/mol. The maximum Gasteiger partial charge on any atom is 0.416 e. The highest BCUT2D eigenvalue weighted by Gasteiger charge is 2.31.